The average Bonchev–Trinajstić information content (AvgIpc) is 3.86. The molecule has 8 rings (SSSR count). The van der Waals surface area contributed by atoms with E-state index in [0.29, 0.717) is 11.1 Å². The van der Waals surface area contributed by atoms with Gasteiger partial charge >= 0.3 is 0 Å². The number of nitrogens with zero attached hydrogens (tertiary/aromatic N) is 3. The van der Waals surface area contributed by atoms with Gasteiger partial charge in [-0.25, -0.2) is 0 Å². The molecule has 0 aliphatic carbocycles. The van der Waals surface area contributed by atoms with E-state index in [2.05, 4.69) is 123 Å². The van der Waals surface area contributed by atoms with Crippen LogP contribution in [0.5, 0.6) is 0 Å². The van der Waals surface area contributed by atoms with Crippen molar-refractivity contribution in [1.82, 2.24) is 13.7 Å². The molecule has 0 radical (unpaired) electrons. The van der Waals surface area contributed by atoms with Crippen molar-refractivity contribution in [3.63, 3.8) is 0 Å². The van der Waals surface area contributed by atoms with Gasteiger partial charge in [0.1, 0.15) is 29.0 Å². The number of aromatic nitrogens is 3. The van der Waals surface area contributed by atoms with E-state index in [0.717, 1.165) is 46.0 Å². The SMILES string of the molecule is O=C(c1ccccc1)c1ccc(-n2c3ccc(s3)n(-c3ccccc3)c3ccc(s3)n(-c3ccccc3)c3ccc2s3)cc1. The molecular formula is C37H25N3OS3. The van der Waals surface area contributed by atoms with Gasteiger partial charge in [-0.3, -0.25) is 18.5 Å². The highest BCUT2D eigenvalue weighted by atomic mass is 32.1. The normalized spacial score (nSPS) is 11.3. The molecule has 4 nitrogen and oxygen atoms in total. The summed E-state index contributed by atoms with van der Waals surface area (Å²) in [7, 11) is 0. The number of benzene rings is 4. The van der Waals surface area contributed by atoms with Crippen LogP contribution in [0.25, 0.3) is 46.0 Å². The van der Waals surface area contributed by atoms with Gasteiger partial charge < -0.3 is 0 Å². The maximum absolute atomic E-state index is 13.2. The molecule has 0 saturated heterocycles. The van der Waals surface area contributed by atoms with Crippen LogP contribution in [0.3, 0.4) is 0 Å². The van der Waals surface area contributed by atoms with Crippen LogP contribution in [0, 0.1) is 0 Å². The largest absolute Gasteiger partial charge is 0.293 e. The van der Waals surface area contributed by atoms with E-state index < -0.39 is 0 Å². The summed E-state index contributed by atoms with van der Waals surface area (Å²) in [6.45, 7) is 0. The van der Waals surface area contributed by atoms with Crippen molar-refractivity contribution < 1.29 is 4.79 Å². The summed E-state index contributed by atoms with van der Waals surface area (Å²) < 4.78 is 6.97. The minimum atomic E-state index is 0.0224. The standard InChI is InChI=1S/C37H25N3OS3/c41-37(26-10-4-1-5-11-26)27-16-18-30(19-17-27)40-35-24-22-33(43-35)38(28-12-6-2-7-13-28)31-20-21-32(42-31)39(29-14-8-3-9-15-29)34-23-25-36(40)44-34/h1-25H. The number of carbonyl (C=O) groups excluding carboxylic acids is 1. The Morgan fingerprint density at radius 2 is 0.636 bits per heavy atom. The number of ketones is 1. The average molecular weight is 624 g/mol. The third-order valence-corrected chi connectivity index (χ3v) is 10.7. The Bertz CT molecular complexity index is 2220. The molecule has 44 heavy (non-hydrogen) atoms. The lowest BCUT2D eigenvalue weighted by atomic mass is 10.0. The second kappa shape index (κ2) is 11.3. The topological polar surface area (TPSA) is 31.9 Å². The first-order valence-electron chi connectivity index (χ1n) is 14.2. The minimum Gasteiger partial charge on any atom is -0.293 e. The molecule has 7 heteroatoms. The molecule has 0 unspecified atom stereocenters. The molecule has 212 valence electrons. The summed E-state index contributed by atoms with van der Waals surface area (Å²) in [6, 6.07) is 51.7. The van der Waals surface area contributed by atoms with Crippen molar-refractivity contribution in [3.8, 4) is 17.1 Å². The van der Waals surface area contributed by atoms with Crippen LogP contribution in [0.2, 0.25) is 0 Å². The molecule has 8 aromatic rings. The monoisotopic (exact) mass is 623 g/mol. The van der Waals surface area contributed by atoms with Crippen molar-refractivity contribution in [2.24, 2.45) is 0 Å². The number of rotatable bonds is 5. The van der Waals surface area contributed by atoms with Crippen molar-refractivity contribution in [3.05, 3.63) is 163 Å². The Kier molecular flexibility index (Phi) is 6.83. The van der Waals surface area contributed by atoms with Crippen LogP contribution < -0.4 is 0 Å². The first-order valence-corrected chi connectivity index (χ1v) is 16.7. The van der Waals surface area contributed by atoms with E-state index in [1.54, 1.807) is 34.0 Å². The highest BCUT2D eigenvalue weighted by molar-refractivity contribution is 7.25. The van der Waals surface area contributed by atoms with Crippen molar-refractivity contribution in [2.75, 3.05) is 0 Å². The summed E-state index contributed by atoms with van der Waals surface area (Å²) in [5.41, 5.74) is 4.59. The Morgan fingerprint density at radius 1 is 0.341 bits per heavy atom. The van der Waals surface area contributed by atoms with Crippen LogP contribution >= 0.6 is 34.0 Å². The van der Waals surface area contributed by atoms with Gasteiger partial charge in [-0.1, -0.05) is 101 Å². The molecule has 4 aromatic heterocycles. The summed E-state index contributed by atoms with van der Waals surface area (Å²) in [5.74, 6) is 0.0224. The molecule has 0 aliphatic heterocycles. The quantitative estimate of drug-likeness (QED) is 0.176. The maximum Gasteiger partial charge on any atom is 0.193 e. The van der Waals surface area contributed by atoms with E-state index >= 15 is 0 Å². The summed E-state index contributed by atoms with van der Waals surface area (Å²) >= 11 is 5.28. The molecule has 0 amide bonds. The molecule has 0 spiro atoms. The number of thiophene rings is 3. The second-order valence-corrected chi connectivity index (χ2v) is 13.4. The van der Waals surface area contributed by atoms with E-state index in [1.165, 1.54) is 0 Å². The molecule has 0 aliphatic rings. The first kappa shape index (κ1) is 26.7. The Labute approximate surface area is 265 Å². The van der Waals surface area contributed by atoms with Gasteiger partial charge in [0.25, 0.3) is 0 Å². The predicted octanol–water partition coefficient (Wildman–Crippen LogP) is 10.6. The molecule has 4 aromatic carbocycles. The number of fused-ring (bicyclic) bond motifs is 6. The van der Waals surface area contributed by atoms with E-state index in [4.69, 9.17) is 0 Å². The van der Waals surface area contributed by atoms with Crippen molar-refractivity contribution in [1.29, 1.82) is 0 Å². The predicted molar refractivity (Wildman–Crippen MR) is 187 cm³/mol. The molecule has 0 N–H and O–H groups in total. The van der Waals surface area contributed by atoms with Gasteiger partial charge in [-0.2, -0.15) is 0 Å². The van der Waals surface area contributed by atoms with Crippen LogP contribution in [0.1, 0.15) is 15.9 Å². The fraction of sp³-hybridized carbons (Fsp3) is 0. The fourth-order valence-electron chi connectivity index (χ4n) is 5.44. The zero-order chi connectivity index (χ0) is 29.5. The van der Waals surface area contributed by atoms with Gasteiger partial charge in [-0.15, -0.1) is 0 Å². The molecule has 0 atom stereocenters. The number of hydrogen-bond donors (Lipinski definition) is 0. The zero-order valence-corrected chi connectivity index (χ0v) is 25.9. The van der Waals surface area contributed by atoms with Gasteiger partial charge in [0.05, 0.1) is 0 Å². The number of carbonyl (C=O) groups is 1. The fourth-order valence-corrected chi connectivity index (χ4v) is 8.84. The van der Waals surface area contributed by atoms with E-state index in [1.807, 2.05) is 42.5 Å². The van der Waals surface area contributed by atoms with Gasteiger partial charge in [-0.05, 0) is 84.9 Å². The lowest BCUT2D eigenvalue weighted by Gasteiger charge is -2.10. The molecule has 0 saturated carbocycles. The van der Waals surface area contributed by atoms with Gasteiger partial charge in [0, 0.05) is 28.2 Å². The zero-order valence-electron chi connectivity index (χ0n) is 23.4. The Hall–Kier alpha value is -4.95. The lowest BCUT2D eigenvalue weighted by Crippen LogP contribution is -2.01. The smallest absolute Gasteiger partial charge is 0.193 e. The van der Waals surface area contributed by atoms with Crippen LogP contribution in [0.4, 0.5) is 0 Å². The van der Waals surface area contributed by atoms with Crippen LogP contribution in [-0.4, -0.2) is 19.5 Å². The molecule has 4 heterocycles. The summed E-state index contributed by atoms with van der Waals surface area (Å²) in [5, 5.41) is 0. The summed E-state index contributed by atoms with van der Waals surface area (Å²) in [6.07, 6.45) is 0. The molecule has 0 fully saturated rings. The third kappa shape index (κ3) is 4.81. The number of hydrogen-bond acceptors (Lipinski definition) is 4. The lowest BCUT2D eigenvalue weighted by molar-refractivity contribution is 0.103. The van der Waals surface area contributed by atoms with Crippen molar-refractivity contribution >= 4 is 68.8 Å². The summed E-state index contributed by atoms with van der Waals surface area (Å²) in [4.78, 5) is 19.9. The van der Waals surface area contributed by atoms with E-state index in [9.17, 15) is 4.79 Å². The first-order chi connectivity index (χ1) is 21.7. The van der Waals surface area contributed by atoms with Crippen LogP contribution in [-0.2, 0) is 0 Å². The Morgan fingerprint density at radius 3 is 1.00 bits per heavy atom. The maximum atomic E-state index is 13.2. The van der Waals surface area contributed by atoms with Crippen LogP contribution in [0.15, 0.2) is 152 Å². The molecular weight excluding hydrogens is 599 g/mol. The highest BCUT2D eigenvalue weighted by Crippen LogP contribution is 2.34. The number of para-hydroxylation sites is 2. The minimum absolute atomic E-state index is 0.0224. The third-order valence-electron chi connectivity index (χ3n) is 7.51. The highest BCUT2D eigenvalue weighted by Gasteiger charge is 2.13. The second-order valence-electron chi connectivity index (χ2n) is 10.3. The van der Waals surface area contributed by atoms with Gasteiger partial charge in [0.15, 0.2) is 5.78 Å². The Balaban J connectivity index is 1.42. The van der Waals surface area contributed by atoms with Crippen molar-refractivity contribution in [2.45, 2.75) is 0 Å². The molecule has 6 bridgehead atoms. The van der Waals surface area contributed by atoms with E-state index in [-0.39, 0.29) is 5.78 Å². The van der Waals surface area contributed by atoms with Gasteiger partial charge in [0.2, 0.25) is 0 Å².